The number of hydrogen-bond acceptors (Lipinski definition) is 8. The van der Waals surface area contributed by atoms with Gasteiger partial charge in [-0.2, -0.15) is 5.10 Å². The fourth-order valence-corrected chi connectivity index (χ4v) is 4.74. The Labute approximate surface area is 239 Å². The number of benzene rings is 3. The van der Waals surface area contributed by atoms with Gasteiger partial charge in [-0.3, -0.25) is 20.0 Å². The quantitative estimate of drug-likeness (QED) is 0.122. The van der Waals surface area contributed by atoms with Gasteiger partial charge >= 0.3 is 0 Å². The number of carbonyl (C=O) groups excluding carboxylic acids is 1. The monoisotopic (exact) mass is 610 g/mol. The number of nitrogens with one attached hydrogen (secondary N) is 2. The number of aromatic nitrogens is 3. The Balaban J connectivity index is 1.40. The molecule has 0 saturated carbocycles. The average Bonchev–Trinajstić information content (AvgIpc) is 3.32. The molecule has 2 N–H and O–H groups in total. The molecule has 10 nitrogen and oxygen atoms in total. The van der Waals surface area contributed by atoms with Crippen molar-refractivity contribution in [1.29, 1.82) is 0 Å². The zero-order valence-electron chi connectivity index (χ0n) is 18.8. The number of nitro benzene ring substituents is 1. The van der Waals surface area contributed by atoms with Gasteiger partial charge in [-0.15, -0.1) is 5.10 Å². The lowest BCUT2D eigenvalue weighted by molar-refractivity contribution is -0.387. The van der Waals surface area contributed by atoms with Crippen molar-refractivity contribution in [2.45, 2.75) is 10.1 Å². The fourth-order valence-electron chi connectivity index (χ4n) is 2.98. The van der Waals surface area contributed by atoms with Crippen LogP contribution in [-0.2, 0) is 4.79 Å². The van der Waals surface area contributed by atoms with Crippen molar-refractivity contribution >= 4 is 76.0 Å². The number of rotatable bonds is 9. The van der Waals surface area contributed by atoms with E-state index in [4.69, 9.17) is 51.1 Å². The first-order valence-corrected chi connectivity index (χ1v) is 12.8. The molecule has 194 valence electrons. The molecule has 3 aromatic carbocycles. The van der Waals surface area contributed by atoms with Crippen LogP contribution in [0, 0.1) is 10.1 Å². The summed E-state index contributed by atoms with van der Waals surface area (Å²) in [6, 6.07) is 14.0. The molecule has 1 heterocycles. The normalized spacial score (nSPS) is 11.1. The van der Waals surface area contributed by atoms with Crippen LogP contribution < -0.4 is 10.2 Å². The average molecular weight is 612 g/mol. The minimum absolute atomic E-state index is 0.193. The van der Waals surface area contributed by atoms with Crippen LogP contribution in [-0.4, -0.2) is 38.8 Å². The minimum atomic E-state index is -0.560. The number of nitro groups is 1. The van der Waals surface area contributed by atoms with Gasteiger partial charge in [0.2, 0.25) is 5.16 Å². The lowest BCUT2D eigenvalue weighted by Crippen LogP contribution is -2.24. The van der Waals surface area contributed by atoms with Gasteiger partial charge in [-0.25, -0.2) is 10.4 Å². The van der Waals surface area contributed by atoms with E-state index in [1.54, 1.807) is 30.3 Å². The maximum absolute atomic E-state index is 12.0. The van der Waals surface area contributed by atoms with Crippen molar-refractivity contribution in [3.8, 4) is 17.1 Å². The molecule has 0 bridgehead atoms. The molecule has 0 saturated heterocycles. The van der Waals surface area contributed by atoms with E-state index >= 15 is 0 Å². The van der Waals surface area contributed by atoms with Gasteiger partial charge in [0, 0.05) is 27.2 Å². The van der Waals surface area contributed by atoms with Crippen LogP contribution in [0.5, 0.6) is 5.75 Å². The second kappa shape index (κ2) is 12.5. The van der Waals surface area contributed by atoms with Crippen molar-refractivity contribution < 1.29 is 14.5 Å². The van der Waals surface area contributed by atoms with Crippen LogP contribution in [0.3, 0.4) is 0 Å². The van der Waals surface area contributed by atoms with E-state index in [9.17, 15) is 14.9 Å². The number of halogens is 4. The number of hydrogen-bond donors (Lipinski definition) is 2. The van der Waals surface area contributed by atoms with Gasteiger partial charge in [0.05, 0.1) is 26.1 Å². The first kappa shape index (κ1) is 27.7. The number of carbonyl (C=O) groups is 1. The summed E-state index contributed by atoms with van der Waals surface area (Å²) in [5.74, 6) is 0.113. The maximum Gasteiger partial charge on any atom is 0.283 e. The molecule has 0 fully saturated rings. The Hall–Kier alpha value is -3.35. The van der Waals surface area contributed by atoms with Gasteiger partial charge in [0.15, 0.2) is 12.4 Å². The Morgan fingerprint density at radius 3 is 2.53 bits per heavy atom. The predicted molar refractivity (Wildman–Crippen MR) is 147 cm³/mol. The molecular weight excluding hydrogens is 598 g/mol. The summed E-state index contributed by atoms with van der Waals surface area (Å²) in [7, 11) is 0. The zero-order valence-corrected chi connectivity index (χ0v) is 22.7. The standard InChI is InChI=1S/C23H14Cl4N6O4S/c24-13-2-4-15(16(26)8-13)22-29-23(32-31-22)38-20-6-1-12(7-18(20)33(35)36)10-28-30-21(34)11-37-19-5-3-14(25)9-17(19)27/h1-10H,11H2,(H,30,34)(H,29,31,32)/b28-10-. The van der Waals surface area contributed by atoms with E-state index in [0.29, 0.717) is 36.9 Å². The molecule has 0 unspecified atom stereocenters. The summed E-state index contributed by atoms with van der Waals surface area (Å²) in [5, 5.41) is 24.2. The molecule has 0 aliphatic rings. The van der Waals surface area contributed by atoms with Crippen LogP contribution >= 0.6 is 58.2 Å². The molecule has 15 heteroatoms. The third-order valence-corrected chi connectivity index (χ3v) is 6.70. The highest BCUT2D eigenvalue weighted by molar-refractivity contribution is 7.99. The highest BCUT2D eigenvalue weighted by Crippen LogP contribution is 2.35. The van der Waals surface area contributed by atoms with Gasteiger partial charge in [-0.1, -0.05) is 52.5 Å². The van der Waals surface area contributed by atoms with Gasteiger partial charge in [0.25, 0.3) is 11.6 Å². The SMILES string of the molecule is O=C(COc1ccc(Cl)cc1Cl)N/N=C\c1ccc(Sc2n[nH]c(-c3ccc(Cl)cc3Cl)n2)c([N+](=O)[O-])c1. The smallest absolute Gasteiger partial charge is 0.283 e. The van der Waals surface area contributed by atoms with Gasteiger partial charge in [-0.05, 0) is 54.2 Å². The molecule has 4 rings (SSSR count). The molecule has 0 radical (unpaired) electrons. The molecule has 4 aromatic rings. The number of aromatic amines is 1. The number of H-pyrrole nitrogens is 1. The summed E-state index contributed by atoms with van der Waals surface area (Å²) in [4.78, 5) is 27.8. The lowest BCUT2D eigenvalue weighted by Gasteiger charge is -2.07. The zero-order chi connectivity index (χ0) is 27.2. The van der Waals surface area contributed by atoms with Crippen molar-refractivity contribution in [3.63, 3.8) is 0 Å². The fraction of sp³-hybridized carbons (Fsp3) is 0.0435. The third-order valence-electron chi connectivity index (χ3n) is 4.69. The number of amides is 1. The van der Waals surface area contributed by atoms with Crippen molar-refractivity contribution in [3.05, 3.63) is 90.4 Å². The Morgan fingerprint density at radius 1 is 1.08 bits per heavy atom. The summed E-state index contributed by atoms with van der Waals surface area (Å²) in [6.07, 6.45) is 1.27. The van der Waals surface area contributed by atoms with Crippen LogP contribution in [0.2, 0.25) is 20.1 Å². The van der Waals surface area contributed by atoms with Crippen LogP contribution in [0.15, 0.2) is 69.8 Å². The Kier molecular flexibility index (Phi) is 9.08. The molecule has 1 amide bonds. The van der Waals surface area contributed by atoms with Crippen molar-refractivity contribution in [2.75, 3.05) is 6.61 Å². The van der Waals surface area contributed by atoms with E-state index < -0.39 is 10.8 Å². The predicted octanol–water partition coefficient (Wildman–Crippen LogP) is 6.67. The van der Waals surface area contributed by atoms with Crippen LogP contribution in [0.4, 0.5) is 5.69 Å². The van der Waals surface area contributed by atoms with E-state index in [-0.39, 0.29) is 28.2 Å². The summed E-state index contributed by atoms with van der Waals surface area (Å²) in [6.45, 7) is -0.353. The molecule has 0 aliphatic heterocycles. The van der Waals surface area contributed by atoms with E-state index in [0.717, 1.165) is 11.8 Å². The first-order chi connectivity index (χ1) is 18.2. The largest absolute Gasteiger partial charge is 0.482 e. The number of nitrogens with zero attached hydrogens (tertiary/aromatic N) is 4. The molecule has 1 aromatic heterocycles. The summed E-state index contributed by atoms with van der Waals surface area (Å²) in [5.41, 5.74) is 3.05. The number of hydrazone groups is 1. The molecule has 0 aliphatic carbocycles. The highest BCUT2D eigenvalue weighted by atomic mass is 35.5. The van der Waals surface area contributed by atoms with E-state index in [1.165, 1.54) is 30.5 Å². The van der Waals surface area contributed by atoms with Gasteiger partial charge < -0.3 is 4.74 Å². The van der Waals surface area contributed by atoms with E-state index in [1.807, 2.05) is 0 Å². The van der Waals surface area contributed by atoms with Crippen molar-refractivity contribution in [2.24, 2.45) is 5.10 Å². The second-order valence-electron chi connectivity index (χ2n) is 7.33. The Bertz CT molecular complexity index is 1550. The van der Waals surface area contributed by atoms with Crippen LogP contribution in [0.1, 0.15) is 5.56 Å². The first-order valence-electron chi connectivity index (χ1n) is 10.4. The lowest BCUT2D eigenvalue weighted by atomic mass is 10.2. The molecule has 0 atom stereocenters. The van der Waals surface area contributed by atoms with E-state index in [2.05, 4.69) is 25.7 Å². The summed E-state index contributed by atoms with van der Waals surface area (Å²) < 4.78 is 5.32. The molecule has 38 heavy (non-hydrogen) atoms. The molecule has 0 spiro atoms. The number of ether oxygens (including phenoxy) is 1. The third kappa shape index (κ3) is 7.15. The second-order valence-corrected chi connectivity index (χ2v) is 10.0. The highest BCUT2D eigenvalue weighted by Gasteiger charge is 2.18. The van der Waals surface area contributed by atoms with Gasteiger partial charge in [0.1, 0.15) is 5.75 Å². The minimum Gasteiger partial charge on any atom is -0.482 e. The van der Waals surface area contributed by atoms with Crippen molar-refractivity contribution in [1.82, 2.24) is 20.6 Å². The topological polar surface area (TPSA) is 135 Å². The van der Waals surface area contributed by atoms with Crippen LogP contribution in [0.25, 0.3) is 11.4 Å². The Morgan fingerprint density at radius 2 is 1.82 bits per heavy atom. The summed E-state index contributed by atoms with van der Waals surface area (Å²) >= 11 is 25.0. The molecular formula is C23H14Cl4N6O4S. The maximum atomic E-state index is 12.0.